The van der Waals surface area contributed by atoms with Gasteiger partial charge in [-0.15, -0.1) is 0 Å². The molecule has 10 heteroatoms. The number of benzene rings is 2. The van der Waals surface area contributed by atoms with Crippen LogP contribution in [0.25, 0.3) is 11.0 Å². The number of para-hydroxylation sites is 1. The van der Waals surface area contributed by atoms with Gasteiger partial charge in [-0.1, -0.05) is 41.4 Å². The average molecular weight is 419 g/mol. The molecule has 0 spiro atoms. The first-order valence-corrected chi connectivity index (χ1v) is 8.89. The van der Waals surface area contributed by atoms with Crippen molar-refractivity contribution in [2.75, 3.05) is 10.2 Å². The first-order chi connectivity index (χ1) is 13.3. The lowest BCUT2D eigenvalue weighted by molar-refractivity contribution is -0.124. The Morgan fingerprint density at radius 1 is 1.14 bits per heavy atom. The van der Waals surface area contributed by atoms with E-state index in [1.54, 1.807) is 30.3 Å². The Balaban J connectivity index is 2.12. The topological polar surface area (TPSA) is 104 Å². The lowest BCUT2D eigenvalue weighted by atomic mass is 10.1. The number of halogens is 2. The molecule has 8 nitrogen and oxygen atoms in total. The highest BCUT2D eigenvalue weighted by atomic mass is 35.5. The Hall–Kier alpha value is -3.10. The molecule has 1 aliphatic heterocycles. The maximum Gasteiger partial charge on any atom is 0.318 e. The quantitative estimate of drug-likeness (QED) is 0.623. The highest BCUT2D eigenvalue weighted by Gasteiger charge is 2.38. The van der Waals surface area contributed by atoms with Gasteiger partial charge in [0.25, 0.3) is 5.91 Å². The number of nitrogens with one attached hydrogen (secondary N) is 2. The number of hydrogen-bond donors (Lipinski definition) is 2. The summed E-state index contributed by atoms with van der Waals surface area (Å²) in [5, 5.41) is 2.72. The second kappa shape index (κ2) is 6.50. The molecule has 1 unspecified atom stereocenters. The first kappa shape index (κ1) is 18.3. The second-order valence-electron chi connectivity index (χ2n) is 6.16. The fraction of sp³-hybridized carbons (Fsp3) is 0.111. The Kier molecular flexibility index (Phi) is 4.24. The van der Waals surface area contributed by atoms with E-state index in [4.69, 9.17) is 23.2 Å². The standard InChI is InChI=1S/C18H12Cl2N4O4/c1-8(25)23(9-5-3-2-4-6-9)17-15(26)22-13-12(20)10(19)7-11-14(13)24(17)18(28)16(27)21-11/h2-7,17H,1H3,(H,21,27)(H,22,26). The monoisotopic (exact) mass is 418 g/mol. The molecule has 0 radical (unpaired) electrons. The van der Waals surface area contributed by atoms with Crippen molar-refractivity contribution >= 4 is 57.4 Å². The fourth-order valence-corrected chi connectivity index (χ4v) is 3.71. The minimum atomic E-state index is -1.41. The molecular formula is C18H12Cl2N4O4. The van der Waals surface area contributed by atoms with Crippen LogP contribution in [0.4, 0.5) is 11.4 Å². The van der Waals surface area contributed by atoms with Crippen LogP contribution in [0.1, 0.15) is 13.1 Å². The molecule has 2 N–H and O–H groups in total. The Labute approximate surface area is 167 Å². The number of rotatable bonds is 2. The van der Waals surface area contributed by atoms with Gasteiger partial charge in [-0.2, -0.15) is 0 Å². The molecule has 2 aromatic carbocycles. The summed E-state index contributed by atoms with van der Waals surface area (Å²) in [6.07, 6.45) is -1.41. The van der Waals surface area contributed by atoms with Gasteiger partial charge in [0, 0.05) is 12.6 Å². The summed E-state index contributed by atoms with van der Waals surface area (Å²) in [6.45, 7) is 1.26. The molecule has 3 aromatic rings. The van der Waals surface area contributed by atoms with Gasteiger partial charge in [0.1, 0.15) is 0 Å². The SMILES string of the molecule is CC(=O)N(c1ccccc1)C1C(=O)Nc2c(Cl)c(Cl)cc3[nH]c(=O)c(=O)n1c23. The summed E-state index contributed by atoms with van der Waals surface area (Å²) < 4.78 is 0.971. The van der Waals surface area contributed by atoms with Crippen LogP contribution in [0, 0.1) is 0 Å². The Bertz CT molecular complexity index is 1270. The third-order valence-electron chi connectivity index (χ3n) is 4.44. The van der Waals surface area contributed by atoms with Gasteiger partial charge in [-0.3, -0.25) is 28.6 Å². The lowest BCUT2D eigenvalue weighted by Crippen LogP contribution is -2.52. The van der Waals surface area contributed by atoms with E-state index in [1.165, 1.54) is 13.0 Å². The normalized spacial score (nSPS) is 15.4. The predicted molar refractivity (Wildman–Crippen MR) is 106 cm³/mol. The van der Waals surface area contributed by atoms with Crippen molar-refractivity contribution in [2.45, 2.75) is 13.1 Å². The number of anilines is 2. The number of hydrogen-bond acceptors (Lipinski definition) is 4. The van der Waals surface area contributed by atoms with E-state index >= 15 is 0 Å². The van der Waals surface area contributed by atoms with E-state index in [9.17, 15) is 19.2 Å². The number of carbonyl (C=O) groups is 2. The van der Waals surface area contributed by atoms with E-state index in [1.807, 2.05) is 0 Å². The maximum atomic E-state index is 13.0. The molecule has 1 aromatic heterocycles. The molecule has 1 aliphatic rings. The molecule has 2 amide bonds. The average Bonchev–Trinajstić information content (AvgIpc) is 2.66. The van der Waals surface area contributed by atoms with Crippen LogP contribution in [-0.4, -0.2) is 21.4 Å². The third-order valence-corrected chi connectivity index (χ3v) is 5.23. The number of carbonyl (C=O) groups excluding carboxylic acids is 2. The van der Waals surface area contributed by atoms with E-state index in [0.29, 0.717) is 5.69 Å². The van der Waals surface area contributed by atoms with Gasteiger partial charge in [0.15, 0.2) is 6.17 Å². The van der Waals surface area contributed by atoms with Gasteiger partial charge < -0.3 is 10.3 Å². The summed E-state index contributed by atoms with van der Waals surface area (Å²) in [6, 6.07) is 9.75. The maximum absolute atomic E-state index is 13.0. The van der Waals surface area contributed by atoms with Gasteiger partial charge in [-0.25, -0.2) is 0 Å². The molecule has 0 bridgehead atoms. The van der Waals surface area contributed by atoms with Gasteiger partial charge in [0.2, 0.25) is 5.91 Å². The predicted octanol–water partition coefficient (Wildman–Crippen LogP) is 2.50. The highest BCUT2D eigenvalue weighted by Crippen LogP contribution is 2.40. The van der Waals surface area contributed by atoms with Crippen molar-refractivity contribution in [1.82, 2.24) is 9.55 Å². The summed E-state index contributed by atoms with van der Waals surface area (Å²) >= 11 is 12.3. The molecule has 4 rings (SSSR count). The molecule has 0 saturated heterocycles. The highest BCUT2D eigenvalue weighted by molar-refractivity contribution is 6.45. The van der Waals surface area contributed by atoms with Gasteiger partial charge >= 0.3 is 11.1 Å². The molecule has 0 saturated carbocycles. The van der Waals surface area contributed by atoms with E-state index in [0.717, 1.165) is 9.47 Å². The van der Waals surface area contributed by atoms with E-state index in [2.05, 4.69) is 10.3 Å². The van der Waals surface area contributed by atoms with Crippen LogP contribution < -0.4 is 21.3 Å². The molecule has 0 fully saturated rings. The summed E-state index contributed by atoms with van der Waals surface area (Å²) in [5.41, 5.74) is -1.09. The first-order valence-electron chi connectivity index (χ1n) is 8.13. The van der Waals surface area contributed by atoms with E-state index < -0.39 is 29.1 Å². The summed E-state index contributed by atoms with van der Waals surface area (Å²) in [4.78, 5) is 53.9. The number of nitrogens with zero attached hydrogens (tertiary/aromatic N) is 2. The van der Waals surface area contributed by atoms with Gasteiger partial charge in [0.05, 0.1) is 26.8 Å². The van der Waals surface area contributed by atoms with E-state index in [-0.39, 0.29) is 26.8 Å². The van der Waals surface area contributed by atoms with Crippen molar-refractivity contribution < 1.29 is 9.59 Å². The van der Waals surface area contributed by atoms with Crippen molar-refractivity contribution in [3.8, 4) is 0 Å². The summed E-state index contributed by atoms with van der Waals surface area (Å²) in [7, 11) is 0. The van der Waals surface area contributed by atoms with Gasteiger partial charge in [-0.05, 0) is 18.2 Å². The van der Waals surface area contributed by atoms with Crippen LogP contribution >= 0.6 is 23.2 Å². The zero-order valence-electron chi connectivity index (χ0n) is 14.3. The lowest BCUT2D eigenvalue weighted by Gasteiger charge is -2.35. The zero-order valence-corrected chi connectivity index (χ0v) is 15.8. The van der Waals surface area contributed by atoms with Crippen LogP contribution in [0.5, 0.6) is 0 Å². The number of amides is 2. The number of H-pyrrole nitrogens is 1. The zero-order chi connectivity index (χ0) is 20.2. The molecule has 0 aliphatic carbocycles. The van der Waals surface area contributed by atoms with Crippen LogP contribution in [0.15, 0.2) is 46.0 Å². The Morgan fingerprint density at radius 2 is 1.82 bits per heavy atom. The molecule has 1 atom stereocenters. The summed E-state index contributed by atoms with van der Waals surface area (Å²) in [5.74, 6) is -1.19. The fourth-order valence-electron chi connectivity index (χ4n) is 3.32. The Morgan fingerprint density at radius 3 is 2.46 bits per heavy atom. The van der Waals surface area contributed by atoms with Crippen molar-refractivity contribution in [3.05, 3.63) is 67.2 Å². The third kappa shape index (κ3) is 2.61. The van der Waals surface area contributed by atoms with Crippen molar-refractivity contribution in [1.29, 1.82) is 0 Å². The van der Waals surface area contributed by atoms with Crippen LogP contribution in [-0.2, 0) is 9.59 Å². The minimum absolute atomic E-state index is 0.0234. The van der Waals surface area contributed by atoms with Crippen LogP contribution in [0.2, 0.25) is 10.0 Å². The van der Waals surface area contributed by atoms with Crippen molar-refractivity contribution in [3.63, 3.8) is 0 Å². The molecule has 2 heterocycles. The smallest absolute Gasteiger partial charge is 0.318 e. The molecule has 28 heavy (non-hydrogen) atoms. The molecular weight excluding hydrogens is 407 g/mol. The van der Waals surface area contributed by atoms with Crippen molar-refractivity contribution in [2.24, 2.45) is 0 Å². The molecule has 142 valence electrons. The number of aromatic amines is 1. The largest absolute Gasteiger partial charge is 0.319 e. The number of aromatic nitrogens is 2. The second-order valence-corrected chi connectivity index (χ2v) is 6.95. The van der Waals surface area contributed by atoms with Crippen LogP contribution in [0.3, 0.4) is 0 Å². The minimum Gasteiger partial charge on any atom is -0.319 e.